The van der Waals surface area contributed by atoms with Crippen LogP contribution in [0.5, 0.6) is 11.6 Å². The van der Waals surface area contributed by atoms with Gasteiger partial charge in [-0.15, -0.1) is 5.79 Å². The van der Waals surface area contributed by atoms with Crippen molar-refractivity contribution in [1.29, 1.82) is 0 Å². The van der Waals surface area contributed by atoms with E-state index in [0.29, 0.717) is 73.7 Å². The number of aromatic nitrogens is 1. The van der Waals surface area contributed by atoms with Crippen molar-refractivity contribution < 1.29 is 23.7 Å². The number of rotatable bonds is 15. The fourth-order valence-corrected chi connectivity index (χ4v) is 4.50. The summed E-state index contributed by atoms with van der Waals surface area (Å²) in [4.78, 5) is 20.7. The van der Waals surface area contributed by atoms with Crippen molar-refractivity contribution in [2.75, 3.05) is 46.2 Å². The molecule has 1 aromatic heterocycles. The molecule has 39 heavy (non-hydrogen) atoms. The molecule has 1 amide bonds. The average molecular weight is 545 g/mol. The van der Waals surface area contributed by atoms with Gasteiger partial charge in [-0.2, -0.15) is 0 Å². The van der Waals surface area contributed by atoms with Gasteiger partial charge in [-0.3, -0.25) is 4.79 Å². The molecule has 4 rings (SSSR count). The monoisotopic (exact) mass is 544 g/mol. The number of amides is 1. The highest BCUT2D eigenvalue weighted by molar-refractivity contribution is 6.33. The van der Waals surface area contributed by atoms with Crippen molar-refractivity contribution >= 4 is 32.5 Å². The predicted molar refractivity (Wildman–Crippen MR) is 154 cm³/mol. The molecule has 1 radical (unpaired) electrons. The number of benzene rings is 2. The van der Waals surface area contributed by atoms with Crippen LogP contribution < -0.4 is 14.8 Å². The van der Waals surface area contributed by atoms with E-state index in [1.54, 1.807) is 0 Å². The second-order valence-electron chi connectivity index (χ2n) is 9.15. The SMILES string of the molecule is [CH3][Al][CH2]CC(=O)NCCOCCOCCOc1ccc(-c2ccc(C3=Nc4cc(C)ccc4OC3)cc2)cn1. The van der Waals surface area contributed by atoms with Crippen LogP contribution in [0.3, 0.4) is 0 Å². The van der Waals surface area contributed by atoms with Gasteiger partial charge in [-0.25, -0.2) is 9.98 Å². The molecule has 1 aliphatic heterocycles. The lowest BCUT2D eigenvalue weighted by Gasteiger charge is -2.17. The molecule has 0 spiro atoms. The number of nitrogens with one attached hydrogen (secondary N) is 1. The molecule has 0 fully saturated rings. The smallest absolute Gasteiger partial charge is 0.218 e. The van der Waals surface area contributed by atoms with E-state index < -0.39 is 0 Å². The zero-order valence-corrected chi connectivity index (χ0v) is 23.8. The number of carbonyl (C=O) groups is 1. The van der Waals surface area contributed by atoms with Crippen LogP contribution in [0, 0.1) is 6.92 Å². The third-order valence-electron chi connectivity index (χ3n) is 6.10. The summed E-state index contributed by atoms with van der Waals surface area (Å²) in [6.07, 6.45) is 2.42. The Balaban J connectivity index is 1.13. The maximum absolute atomic E-state index is 11.5. The van der Waals surface area contributed by atoms with Gasteiger partial charge in [-0.05, 0) is 41.8 Å². The summed E-state index contributed by atoms with van der Waals surface area (Å²) in [5.41, 5.74) is 6.07. The van der Waals surface area contributed by atoms with Crippen LogP contribution in [0.15, 0.2) is 65.8 Å². The number of nitrogens with zero attached hydrogens (tertiary/aromatic N) is 2. The minimum Gasteiger partial charge on any atom is -0.485 e. The van der Waals surface area contributed by atoms with E-state index in [2.05, 4.69) is 47.3 Å². The first-order valence-corrected chi connectivity index (χ1v) is 15.3. The van der Waals surface area contributed by atoms with Gasteiger partial charge >= 0.3 is 0 Å². The fourth-order valence-electron chi connectivity index (χ4n) is 3.95. The molecule has 3 aromatic rings. The molecule has 1 N–H and O–H groups in total. The van der Waals surface area contributed by atoms with Crippen LogP contribution in [0.2, 0.25) is 11.1 Å². The van der Waals surface area contributed by atoms with E-state index >= 15 is 0 Å². The van der Waals surface area contributed by atoms with Crippen LogP contribution in [0.1, 0.15) is 17.5 Å². The minimum absolute atomic E-state index is 0.100. The van der Waals surface area contributed by atoms with Crippen LogP contribution in [0.25, 0.3) is 11.1 Å². The lowest BCUT2D eigenvalue weighted by atomic mass is 10.0. The lowest BCUT2D eigenvalue weighted by Crippen LogP contribution is -2.27. The van der Waals surface area contributed by atoms with Gasteiger partial charge in [0.25, 0.3) is 0 Å². The van der Waals surface area contributed by atoms with Gasteiger partial charge in [0.1, 0.15) is 24.7 Å². The first kappa shape index (κ1) is 28.8. The minimum atomic E-state index is 0.100. The Morgan fingerprint density at radius 3 is 2.46 bits per heavy atom. The Labute approximate surface area is 236 Å². The highest BCUT2D eigenvalue weighted by atomic mass is 27.1. The van der Waals surface area contributed by atoms with Crippen molar-refractivity contribution in [3.8, 4) is 22.8 Å². The van der Waals surface area contributed by atoms with E-state index in [0.717, 1.165) is 44.7 Å². The molecule has 0 atom stereocenters. The molecule has 9 heteroatoms. The van der Waals surface area contributed by atoms with Gasteiger partial charge < -0.3 is 24.3 Å². The molecule has 0 saturated carbocycles. The normalized spacial score (nSPS) is 12.2. The van der Waals surface area contributed by atoms with Crippen molar-refractivity contribution in [2.24, 2.45) is 4.99 Å². The molecule has 0 aliphatic carbocycles. The van der Waals surface area contributed by atoms with Gasteiger partial charge in [0.2, 0.25) is 11.8 Å². The van der Waals surface area contributed by atoms with Crippen LogP contribution in [0.4, 0.5) is 5.69 Å². The van der Waals surface area contributed by atoms with Crippen LogP contribution >= 0.6 is 0 Å². The molecule has 203 valence electrons. The lowest BCUT2D eigenvalue weighted by molar-refractivity contribution is -0.121. The highest BCUT2D eigenvalue weighted by Crippen LogP contribution is 2.32. The molecule has 0 bridgehead atoms. The fraction of sp³-hybridized carbons (Fsp3) is 0.367. The second kappa shape index (κ2) is 15.4. The summed E-state index contributed by atoms with van der Waals surface area (Å²) in [7, 11) is 0. The Bertz CT molecular complexity index is 1230. The molecule has 8 nitrogen and oxygen atoms in total. The van der Waals surface area contributed by atoms with Gasteiger partial charge in [0, 0.05) is 30.8 Å². The second-order valence-corrected chi connectivity index (χ2v) is 10.5. The standard InChI is InChI=1S/C29H32N3O5.CH3.Al/c1-3-28(33)30-12-13-34-14-15-35-16-17-36-29-11-9-24(19-31-29)22-5-7-23(8-6-22)26-20-37-27-10-4-21(2)18-25(27)32-26;;/h4-11,18-19H,1,3,12-17,20H2,2H3,(H,30,33);1H3;. The Morgan fingerprint density at radius 2 is 1.69 bits per heavy atom. The zero-order chi connectivity index (χ0) is 27.3. The van der Waals surface area contributed by atoms with Crippen molar-refractivity contribution in [3.05, 3.63) is 71.9 Å². The quantitative estimate of drug-likeness (QED) is 0.221. The number of ether oxygens (including phenoxy) is 4. The third kappa shape index (κ3) is 9.19. The van der Waals surface area contributed by atoms with E-state index in [1.165, 1.54) is 0 Å². The molecular formula is C30H35AlN3O5. The topological polar surface area (TPSA) is 91.3 Å². The zero-order valence-electron chi connectivity index (χ0n) is 22.7. The molecule has 2 heterocycles. The van der Waals surface area contributed by atoms with E-state index in [4.69, 9.17) is 23.9 Å². The van der Waals surface area contributed by atoms with Crippen molar-refractivity contribution in [1.82, 2.24) is 10.3 Å². The summed E-state index contributed by atoms with van der Waals surface area (Å²) in [5, 5.41) is 3.85. The number of hydrogen-bond acceptors (Lipinski definition) is 7. The van der Waals surface area contributed by atoms with Crippen LogP contribution in [-0.2, 0) is 14.3 Å². The molecule has 0 unspecified atom stereocenters. The maximum Gasteiger partial charge on any atom is 0.218 e. The third-order valence-corrected chi connectivity index (χ3v) is 6.97. The van der Waals surface area contributed by atoms with E-state index in [-0.39, 0.29) is 5.91 Å². The van der Waals surface area contributed by atoms with Crippen LogP contribution in [-0.4, -0.2) is 78.0 Å². The summed E-state index contributed by atoms with van der Waals surface area (Å²) < 4.78 is 22.6. The average Bonchev–Trinajstić information content (AvgIpc) is 2.97. The van der Waals surface area contributed by atoms with E-state index in [1.807, 2.05) is 36.5 Å². The number of aliphatic imine (C=N–C) groups is 1. The molecular weight excluding hydrogens is 509 g/mol. The summed E-state index contributed by atoms with van der Waals surface area (Å²) >= 11 is 0.379. The molecule has 0 saturated heterocycles. The number of hydrogen-bond donors (Lipinski definition) is 1. The maximum atomic E-state index is 11.5. The number of carbonyl (C=O) groups excluding carboxylic acids is 1. The Morgan fingerprint density at radius 1 is 0.949 bits per heavy atom. The Kier molecular flexibility index (Phi) is 11.4. The number of fused-ring (bicyclic) bond motifs is 1. The van der Waals surface area contributed by atoms with Crippen molar-refractivity contribution in [2.45, 2.75) is 24.4 Å². The summed E-state index contributed by atoms with van der Waals surface area (Å²) in [6.45, 7) is 5.34. The first-order valence-electron chi connectivity index (χ1n) is 13.3. The predicted octanol–water partition coefficient (Wildman–Crippen LogP) is 4.66. The van der Waals surface area contributed by atoms with Gasteiger partial charge in [0.05, 0.1) is 32.1 Å². The largest absolute Gasteiger partial charge is 0.485 e. The molecule has 2 aromatic carbocycles. The van der Waals surface area contributed by atoms with E-state index in [9.17, 15) is 4.79 Å². The van der Waals surface area contributed by atoms with Crippen molar-refractivity contribution in [3.63, 3.8) is 0 Å². The van der Waals surface area contributed by atoms with Gasteiger partial charge in [-0.1, -0.05) is 35.6 Å². The number of pyridine rings is 1. The number of aryl methyl sites for hydroxylation is 1. The highest BCUT2D eigenvalue weighted by Gasteiger charge is 2.15. The summed E-state index contributed by atoms with van der Waals surface area (Å²) in [5.74, 6) is 3.63. The first-order chi connectivity index (χ1) is 19.1. The summed E-state index contributed by atoms with van der Waals surface area (Å²) in [6, 6.07) is 18.2. The Hall–Kier alpha value is -3.22. The van der Waals surface area contributed by atoms with Gasteiger partial charge in [0.15, 0.2) is 15.2 Å². The molecule has 1 aliphatic rings.